The number of amides is 2. The second kappa shape index (κ2) is 10.9. The van der Waals surface area contributed by atoms with Crippen molar-refractivity contribution < 1.29 is 14.3 Å². The summed E-state index contributed by atoms with van der Waals surface area (Å²) in [7, 11) is 1.57. The molecule has 0 fully saturated rings. The minimum absolute atomic E-state index is 0.167. The summed E-state index contributed by atoms with van der Waals surface area (Å²) in [5, 5.41) is 8.47. The van der Waals surface area contributed by atoms with Crippen LogP contribution in [0.2, 0.25) is 0 Å². The van der Waals surface area contributed by atoms with Crippen molar-refractivity contribution in [1.82, 2.24) is 10.6 Å². The highest BCUT2D eigenvalue weighted by Gasteiger charge is 2.28. The van der Waals surface area contributed by atoms with Gasteiger partial charge in [0.15, 0.2) is 5.11 Å². The summed E-state index contributed by atoms with van der Waals surface area (Å²) in [4.78, 5) is 24.5. The summed E-state index contributed by atoms with van der Waals surface area (Å²) < 4.78 is 5.89. The Morgan fingerprint density at radius 1 is 1.10 bits per heavy atom. The lowest BCUT2D eigenvalue weighted by molar-refractivity contribution is -0.128. The number of carbonyl (C=O) groups excluding carboxylic acids is 2. The molecule has 0 radical (unpaired) electrons. The van der Waals surface area contributed by atoms with Gasteiger partial charge in [-0.1, -0.05) is 32.0 Å². The van der Waals surface area contributed by atoms with Gasteiger partial charge < -0.3 is 20.7 Å². The zero-order chi connectivity index (χ0) is 23.0. The molecule has 0 unspecified atom stereocenters. The Hall–Kier alpha value is -2.93. The largest absolute Gasteiger partial charge is 0.493 e. The van der Waals surface area contributed by atoms with Gasteiger partial charge in [0.05, 0.1) is 6.61 Å². The van der Waals surface area contributed by atoms with Crippen LogP contribution < -0.4 is 20.7 Å². The van der Waals surface area contributed by atoms with Crippen molar-refractivity contribution in [3.05, 3.63) is 59.2 Å². The van der Waals surface area contributed by atoms with E-state index in [0.29, 0.717) is 24.3 Å². The number of anilines is 1. The van der Waals surface area contributed by atoms with Gasteiger partial charge in [-0.2, -0.15) is 0 Å². The average molecular weight is 442 g/mol. The van der Waals surface area contributed by atoms with Crippen molar-refractivity contribution in [2.45, 2.75) is 40.5 Å². The lowest BCUT2D eigenvalue weighted by Crippen LogP contribution is -2.42. The van der Waals surface area contributed by atoms with Crippen LogP contribution in [0.5, 0.6) is 5.75 Å². The third-order valence-corrected chi connectivity index (χ3v) is 5.20. The standard InChI is InChI=1S/C24H31N3O3S/c1-16-10-11-17(2)20(14-16)30-13-7-12-24(3,4)22(29)27-23(31)26-19-9-6-8-18(15-19)21(28)25-5/h6,8-11,14-15H,7,12-13H2,1-5H3,(H,25,28)(H2,26,27,29,31). The fraction of sp³-hybridized carbons (Fsp3) is 0.375. The lowest BCUT2D eigenvalue weighted by Gasteiger charge is -2.24. The van der Waals surface area contributed by atoms with Crippen LogP contribution in [-0.2, 0) is 4.79 Å². The molecule has 0 aliphatic carbocycles. The molecule has 2 aromatic carbocycles. The van der Waals surface area contributed by atoms with E-state index in [2.05, 4.69) is 22.0 Å². The van der Waals surface area contributed by atoms with Gasteiger partial charge in [0.25, 0.3) is 5.91 Å². The van der Waals surface area contributed by atoms with Crippen molar-refractivity contribution in [2.24, 2.45) is 5.41 Å². The third-order valence-electron chi connectivity index (χ3n) is 5.00. The maximum Gasteiger partial charge on any atom is 0.251 e. The summed E-state index contributed by atoms with van der Waals surface area (Å²) >= 11 is 5.28. The minimum atomic E-state index is -0.610. The SMILES string of the molecule is CNC(=O)c1cccc(NC(=S)NC(=O)C(C)(C)CCCOc2cc(C)ccc2C)c1. The Balaban J connectivity index is 1.83. The highest BCUT2D eigenvalue weighted by molar-refractivity contribution is 7.80. The van der Waals surface area contributed by atoms with Crippen LogP contribution in [-0.4, -0.2) is 30.6 Å². The van der Waals surface area contributed by atoms with Gasteiger partial charge in [0, 0.05) is 23.7 Å². The van der Waals surface area contributed by atoms with Crippen LogP contribution in [0.25, 0.3) is 0 Å². The Kier molecular flexibility index (Phi) is 8.56. The van der Waals surface area contributed by atoms with Gasteiger partial charge in [-0.25, -0.2) is 0 Å². The van der Waals surface area contributed by atoms with E-state index in [1.807, 2.05) is 39.8 Å². The van der Waals surface area contributed by atoms with E-state index in [9.17, 15) is 9.59 Å². The number of ether oxygens (including phenoxy) is 1. The maximum atomic E-state index is 12.7. The summed E-state index contributed by atoms with van der Waals surface area (Å²) in [6.45, 7) is 8.36. The van der Waals surface area contributed by atoms with E-state index in [0.717, 1.165) is 23.3 Å². The molecule has 0 aromatic heterocycles. The zero-order valence-electron chi connectivity index (χ0n) is 18.8. The first kappa shape index (κ1) is 24.3. The number of nitrogens with one attached hydrogen (secondary N) is 3. The molecule has 3 N–H and O–H groups in total. The molecule has 0 atom stereocenters. The summed E-state index contributed by atoms with van der Waals surface area (Å²) in [6, 6.07) is 13.0. The van der Waals surface area contributed by atoms with E-state index in [1.165, 1.54) is 0 Å². The minimum Gasteiger partial charge on any atom is -0.493 e. The van der Waals surface area contributed by atoms with Crippen molar-refractivity contribution in [2.75, 3.05) is 19.0 Å². The molecular weight excluding hydrogens is 410 g/mol. The molecule has 0 aliphatic rings. The van der Waals surface area contributed by atoms with Gasteiger partial charge in [0.2, 0.25) is 5.91 Å². The predicted octanol–water partition coefficient (Wildman–Crippen LogP) is 4.36. The maximum absolute atomic E-state index is 12.7. The van der Waals surface area contributed by atoms with Crippen LogP contribution in [0.4, 0.5) is 5.69 Å². The quantitative estimate of drug-likeness (QED) is 0.419. The average Bonchev–Trinajstić information content (AvgIpc) is 2.73. The molecule has 0 spiro atoms. The normalized spacial score (nSPS) is 10.9. The van der Waals surface area contributed by atoms with Gasteiger partial charge in [-0.3, -0.25) is 9.59 Å². The molecule has 2 rings (SSSR count). The first-order valence-corrected chi connectivity index (χ1v) is 10.7. The Morgan fingerprint density at radius 3 is 2.55 bits per heavy atom. The van der Waals surface area contributed by atoms with Crippen molar-refractivity contribution in [3.8, 4) is 5.75 Å². The fourth-order valence-corrected chi connectivity index (χ4v) is 3.20. The fourth-order valence-electron chi connectivity index (χ4n) is 2.99. The summed E-state index contributed by atoms with van der Waals surface area (Å²) in [5.41, 5.74) is 2.78. The van der Waals surface area contributed by atoms with Gasteiger partial charge in [0.1, 0.15) is 5.75 Å². The van der Waals surface area contributed by atoms with Crippen LogP contribution in [0.3, 0.4) is 0 Å². The van der Waals surface area contributed by atoms with E-state index in [1.54, 1.807) is 31.3 Å². The number of rotatable bonds is 8. The Labute approximate surface area is 189 Å². The second-order valence-corrected chi connectivity index (χ2v) is 8.58. The molecule has 31 heavy (non-hydrogen) atoms. The summed E-state index contributed by atoms with van der Waals surface area (Å²) in [6.07, 6.45) is 1.39. The Morgan fingerprint density at radius 2 is 1.84 bits per heavy atom. The van der Waals surface area contributed by atoms with Gasteiger partial charge in [-0.05, 0) is 74.3 Å². The number of benzene rings is 2. The molecule has 0 aliphatic heterocycles. The molecule has 2 aromatic rings. The summed E-state index contributed by atoms with van der Waals surface area (Å²) in [5.74, 6) is 0.522. The van der Waals surface area contributed by atoms with E-state index < -0.39 is 5.41 Å². The molecule has 0 saturated heterocycles. The lowest BCUT2D eigenvalue weighted by atomic mass is 9.87. The first-order valence-electron chi connectivity index (χ1n) is 10.3. The second-order valence-electron chi connectivity index (χ2n) is 8.17. The monoisotopic (exact) mass is 441 g/mol. The molecule has 7 heteroatoms. The first-order chi connectivity index (χ1) is 14.6. The van der Waals surface area contributed by atoms with Crippen LogP contribution >= 0.6 is 12.2 Å². The molecule has 0 saturated carbocycles. The predicted molar refractivity (Wildman–Crippen MR) is 129 cm³/mol. The topological polar surface area (TPSA) is 79.5 Å². The van der Waals surface area contributed by atoms with E-state index in [-0.39, 0.29) is 16.9 Å². The van der Waals surface area contributed by atoms with Gasteiger partial charge in [-0.15, -0.1) is 0 Å². The zero-order valence-corrected chi connectivity index (χ0v) is 19.6. The molecular formula is C24H31N3O3S. The number of hydrogen-bond acceptors (Lipinski definition) is 4. The molecule has 0 heterocycles. The van der Waals surface area contributed by atoms with Crippen LogP contribution in [0.1, 0.15) is 48.2 Å². The van der Waals surface area contributed by atoms with Gasteiger partial charge >= 0.3 is 0 Å². The highest BCUT2D eigenvalue weighted by atomic mass is 32.1. The Bertz CT molecular complexity index is 957. The number of hydrogen-bond donors (Lipinski definition) is 3. The molecule has 2 amide bonds. The van der Waals surface area contributed by atoms with Crippen molar-refractivity contribution >= 4 is 34.8 Å². The van der Waals surface area contributed by atoms with E-state index in [4.69, 9.17) is 17.0 Å². The van der Waals surface area contributed by atoms with E-state index >= 15 is 0 Å². The number of carbonyl (C=O) groups is 2. The number of thiocarbonyl (C=S) groups is 1. The van der Waals surface area contributed by atoms with Crippen molar-refractivity contribution in [3.63, 3.8) is 0 Å². The molecule has 6 nitrogen and oxygen atoms in total. The van der Waals surface area contributed by atoms with Crippen molar-refractivity contribution in [1.29, 1.82) is 0 Å². The molecule has 166 valence electrons. The molecule has 0 bridgehead atoms. The van der Waals surface area contributed by atoms with Crippen LogP contribution in [0.15, 0.2) is 42.5 Å². The highest BCUT2D eigenvalue weighted by Crippen LogP contribution is 2.24. The smallest absolute Gasteiger partial charge is 0.251 e. The number of aryl methyl sites for hydroxylation is 2. The van der Waals surface area contributed by atoms with Crippen LogP contribution in [0, 0.1) is 19.3 Å². The third kappa shape index (κ3) is 7.36.